The number of hydrogen-bond acceptors (Lipinski definition) is 4. The molecule has 0 unspecified atom stereocenters. The Hall–Kier alpha value is -3.95. The van der Waals surface area contributed by atoms with Crippen LogP contribution in [0.5, 0.6) is 0 Å². The van der Waals surface area contributed by atoms with E-state index in [9.17, 15) is 23.9 Å². The normalized spacial score (nSPS) is 18.9. The van der Waals surface area contributed by atoms with Crippen LogP contribution in [0.4, 0.5) is 4.39 Å². The Morgan fingerprint density at radius 2 is 1.88 bits per heavy atom. The largest absolute Gasteiger partial charge is 0.390 e. The molecule has 0 saturated heterocycles. The van der Waals surface area contributed by atoms with Crippen LogP contribution in [-0.4, -0.2) is 31.1 Å². The van der Waals surface area contributed by atoms with Gasteiger partial charge in [-0.05, 0) is 80.8 Å². The lowest BCUT2D eigenvalue weighted by atomic mass is 9.75. The van der Waals surface area contributed by atoms with Gasteiger partial charge in [0.2, 0.25) is 5.91 Å². The zero-order valence-electron chi connectivity index (χ0n) is 22.9. The molecule has 0 saturated carbocycles. The van der Waals surface area contributed by atoms with Gasteiger partial charge in [-0.1, -0.05) is 29.8 Å². The number of rotatable bonds is 4. The highest BCUT2D eigenvalue weighted by atomic mass is 35.5. The second kappa shape index (κ2) is 9.56. The number of amides is 1. The second-order valence-corrected chi connectivity index (χ2v) is 12.0. The minimum absolute atomic E-state index is 0.0337. The maximum atomic E-state index is 14.3. The number of para-hydroxylation sites is 1. The van der Waals surface area contributed by atoms with Gasteiger partial charge in [0, 0.05) is 34.0 Å². The predicted octanol–water partition coefficient (Wildman–Crippen LogP) is 4.30. The van der Waals surface area contributed by atoms with E-state index in [4.69, 9.17) is 17.3 Å². The van der Waals surface area contributed by atoms with E-state index in [1.165, 1.54) is 18.2 Å². The zero-order chi connectivity index (χ0) is 29.4. The summed E-state index contributed by atoms with van der Waals surface area (Å²) in [5.74, 6) is -1.79. The van der Waals surface area contributed by atoms with Crippen LogP contribution in [0.15, 0.2) is 51.0 Å². The van der Waals surface area contributed by atoms with Crippen molar-refractivity contribution in [1.29, 1.82) is 0 Å². The summed E-state index contributed by atoms with van der Waals surface area (Å²) in [7, 11) is 0. The molecule has 2 aliphatic rings. The van der Waals surface area contributed by atoms with Gasteiger partial charge >= 0.3 is 5.69 Å². The van der Waals surface area contributed by atoms with Crippen LogP contribution in [0, 0.1) is 18.7 Å². The summed E-state index contributed by atoms with van der Waals surface area (Å²) in [5, 5.41) is 11.2. The first kappa shape index (κ1) is 27.2. The molecule has 0 radical (unpaired) electrons. The number of carbonyl (C=O) groups excluding carboxylic acids is 1. The Balaban J connectivity index is 1.56. The van der Waals surface area contributed by atoms with Crippen LogP contribution in [0.3, 0.4) is 0 Å². The zero-order valence-corrected chi connectivity index (χ0v) is 23.7. The first-order chi connectivity index (χ1) is 19.4. The summed E-state index contributed by atoms with van der Waals surface area (Å²) in [6.07, 6.45) is 2.24. The van der Waals surface area contributed by atoms with E-state index in [2.05, 4.69) is 9.97 Å². The Labute approximate surface area is 239 Å². The lowest BCUT2D eigenvalue weighted by Gasteiger charge is -2.33. The third-order valence-corrected chi connectivity index (χ3v) is 9.05. The van der Waals surface area contributed by atoms with Crippen molar-refractivity contribution in [3.05, 3.63) is 102 Å². The minimum atomic E-state index is -0.864. The van der Waals surface area contributed by atoms with E-state index < -0.39 is 34.5 Å². The molecule has 2 heterocycles. The number of benzene rings is 2. The summed E-state index contributed by atoms with van der Waals surface area (Å²) in [6, 6.07) is 9.34. The van der Waals surface area contributed by atoms with Gasteiger partial charge in [0.25, 0.3) is 5.56 Å². The van der Waals surface area contributed by atoms with Crippen molar-refractivity contribution in [2.45, 2.75) is 58.0 Å². The molecular formula is C31H30ClFN4O4. The number of allylic oxidation sites excluding steroid dienone is 1. The van der Waals surface area contributed by atoms with Crippen LogP contribution < -0.4 is 17.0 Å². The van der Waals surface area contributed by atoms with Crippen molar-refractivity contribution in [2.24, 2.45) is 11.7 Å². The molecule has 0 bridgehead atoms. The van der Waals surface area contributed by atoms with Crippen LogP contribution >= 0.6 is 11.6 Å². The molecule has 6 rings (SSSR count). The number of nitrogens with zero attached hydrogens (tertiary/aromatic N) is 1. The molecule has 2 aliphatic carbocycles. The molecule has 4 aromatic rings. The van der Waals surface area contributed by atoms with E-state index in [0.717, 1.165) is 27.8 Å². The van der Waals surface area contributed by atoms with Gasteiger partial charge in [-0.25, -0.2) is 13.8 Å². The van der Waals surface area contributed by atoms with Gasteiger partial charge in [0.05, 0.1) is 28.1 Å². The third kappa shape index (κ3) is 4.26. The van der Waals surface area contributed by atoms with E-state index in [1.54, 1.807) is 32.9 Å². The summed E-state index contributed by atoms with van der Waals surface area (Å²) in [5.41, 5.74) is 9.27. The number of hydrogen-bond donors (Lipinski definition) is 4. The number of aliphatic hydroxyl groups is 1. The number of primary amides is 1. The quantitative estimate of drug-likeness (QED) is 0.288. The first-order valence-electron chi connectivity index (χ1n) is 13.6. The van der Waals surface area contributed by atoms with Crippen molar-refractivity contribution >= 4 is 34.0 Å². The molecule has 5 N–H and O–H groups in total. The fourth-order valence-corrected chi connectivity index (χ4v) is 6.83. The molecule has 1 amide bonds. The van der Waals surface area contributed by atoms with Crippen LogP contribution in [0.1, 0.15) is 66.2 Å². The lowest BCUT2D eigenvalue weighted by molar-refractivity contribution is -0.119. The smallest absolute Gasteiger partial charge is 0.333 e. The summed E-state index contributed by atoms with van der Waals surface area (Å²) in [4.78, 5) is 45.1. The van der Waals surface area contributed by atoms with Gasteiger partial charge in [-0.2, -0.15) is 0 Å². The number of fused-ring (bicyclic) bond motifs is 4. The number of halogens is 2. The van der Waals surface area contributed by atoms with Gasteiger partial charge in [0.1, 0.15) is 5.82 Å². The summed E-state index contributed by atoms with van der Waals surface area (Å²) >= 11 is 6.95. The number of aromatic nitrogens is 3. The average molecular weight is 577 g/mol. The van der Waals surface area contributed by atoms with Crippen molar-refractivity contribution < 1.29 is 14.3 Å². The Morgan fingerprint density at radius 3 is 2.59 bits per heavy atom. The molecule has 212 valence electrons. The maximum absolute atomic E-state index is 14.3. The lowest BCUT2D eigenvalue weighted by Crippen LogP contribution is -2.35. The van der Waals surface area contributed by atoms with Crippen LogP contribution in [0.25, 0.3) is 22.2 Å². The van der Waals surface area contributed by atoms with Crippen LogP contribution in [0.2, 0.25) is 0 Å². The third-order valence-electron chi connectivity index (χ3n) is 8.71. The Bertz CT molecular complexity index is 1910. The van der Waals surface area contributed by atoms with Crippen molar-refractivity contribution in [1.82, 2.24) is 14.5 Å². The number of aromatic amines is 2. The Kier molecular flexibility index (Phi) is 6.35. The van der Waals surface area contributed by atoms with Gasteiger partial charge in [0.15, 0.2) is 0 Å². The van der Waals surface area contributed by atoms with Crippen molar-refractivity contribution in [3.63, 3.8) is 0 Å². The van der Waals surface area contributed by atoms with E-state index >= 15 is 0 Å². The van der Waals surface area contributed by atoms with Gasteiger partial charge in [-0.15, -0.1) is 0 Å². The molecule has 8 nitrogen and oxygen atoms in total. The topological polar surface area (TPSA) is 134 Å². The van der Waals surface area contributed by atoms with Gasteiger partial charge in [-0.3, -0.25) is 9.59 Å². The average Bonchev–Trinajstić information content (AvgIpc) is 3.28. The first-order valence-corrected chi connectivity index (χ1v) is 13.9. The standard InChI is InChI=1S/C31H30ClFN4O4/c1-14-16(6-5-9-23(14)37-29(39)18-7-4-8-21(33)26(18)36-30(37)40)24-20(32)13-19(28(34)38)27-25(24)17-11-10-15(31(2,3)41)12-22(17)35-27/h4-9,15,19,35,41H,10-13H2,1-3H3,(H2,34,38)(H,36,40)/t15-,19-/m0/s1. The number of nitrogens with one attached hydrogen (secondary N) is 2. The van der Waals surface area contributed by atoms with Gasteiger partial charge < -0.3 is 20.8 Å². The molecule has 41 heavy (non-hydrogen) atoms. The summed E-state index contributed by atoms with van der Waals surface area (Å²) < 4.78 is 15.4. The number of nitrogens with two attached hydrogens (primary N) is 1. The molecule has 2 aromatic carbocycles. The van der Waals surface area contributed by atoms with E-state index in [0.29, 0.717) is 46.0 Å². The molecule has 0 fully saturated rings. The highest BCUT2D eigenvalue weighted by Crippen LogP contribution is 2.48. The van der Waals surface area contributed by atoms with E-state index in [-0.39, 0.29) is 23.2 Å². The molecule has 2 atom stereocenters. The maximum Gasteiger partial charge on any atom is 0.333 e. The predicted molar refractivity (Wildman–Crippen MR) is 156 cm³/mol. The van der Waals surface area contributed by atoms with E-state index in [1.807, 2.05) is 6.07 Å². The molecule has 10 heteroatoms. The van der Waals surface area contributed by atoms with Crippen molar-refractivity contribution in [2.75, 3.05) is 0 Å². The number of carbonyl (C=O) groups is 1. The molecular weight excluding hydrogens is 547 g/mol. The summed E-state index contributed by atoms with van der Waals surface area (Å²) in [6.45, 7) is 5.41. The van der Waals surface area contributed by atoms with Crippen LogP contribution in [-0.2, 0) is 17.6 Å². The second-order valence-electron chi connectivity index (χ2n) is 11.6. The number of H-pyrrole nitrogens is 2. The minimum Gasteiger partial charge on any atom is -0.390 e. The SMILES string of the molecule is Cc1c(C2=C(Cl)C[C@H](C(N)=O)c3[nH]c4c(c32)CC[C@H](C(C)(C)O)C4)cccc1-n1c(=O)[nH]c2c(F)cccc2c1=O. The monoisotopic (exact) mass is 576 g/mol. The highest BCUT2D eigenvalue weighted by molar-refractivity contribution is 6.34. The van der Waals surface area contributed by atoms with Crippen molar-refractivity contribution in [3.8, 4) is 5.69 Å². The fourth-order valence-electron chi connectivity index (χ4n) is 6.48. The molecule has 2 aromatic heterocycles. The Morgan fingerprint density at radius 1 is 1.15 bits per heavy atom. The molecule has 0 aliphatic heterocycles. The molecule has 0 spiro atoms. The highest BCUT2D eigenvalue weighted by Gasteiger charge is 2.39. The fraction of sp³-hybridized carbons (Fsp3) is 0.323.